The lowest BCUT2D eigenvalue weighted by Crippen LogP contribution is -2.37. The Morgan fingerprint density at radius 2 is 1.83 bits per heavy atom. The Kier molecular flexibility index (Phi) is 10.4. The minimum absolute atomic E-state index is 0. The lowest BCUT2D eigenvalue weighted by atomic mass is 10.0. The van der Waals surface area contributed by atoms with Crippen LogP contribution in [-0.2, 0) is 4.79 Å². The van der Waals surface area contributed by atoms with E-state index in [-0.39, 0.29) is 29.6 Å². The molecule has 2 atom stereocenters. The number of carbonyl (C=O) groups is 1. The topological polar surface area (TPSA) is 55.6 Å². The van der Waals surface area contributed by atoms with Gasteiger partial charge in [0.1, 0.15) is 5.75 Å². The van der Waals surface area contributed by atoms with Crippen molar-refractivity contribution in [2.45, 2.75) is 43.4 Å². The van der Waals surface area contributed by atoms with E-state index in [1.165, 1.54) is 0 Å². The van der Waals surface area contributed by atoms with Crippen LogP contribution >= 0.6 is 24.2 Å². The number of ether oxygens (including phenoxy) is 1. The zero-order valence-electron chi connectivity index (χ0n) is 14.6. The third kappa shape index (κ3) is 7.46. The number of halogens is 1. The maximum atomic E-state index is 12.4. The third-order valence-electron chi connectivity index (χ3n) is 3.75. The van der Waals surface area contributed by atoms with Gasteiger partial charge < -0.3 is 15.4 Å². The molecule has 0 bridgehead atoms. The van der Waals surface area contributed by atoms with Crippen LogP contribution in [0.3, 0.4) is 0 Å². The number of amides is 1. The number of hydrogen-bond donors (Lipinski definition) is 1. The van der Waals surface area contributed by atoms with Gasteiger partial charge in [0.2, 0.25) is 5.91 Å². The molecule has 0 aliphatic rings. The molecule has 0 spiro atoms. The summed E-state index contributed by atoms with van der Waals surface area (Å²) in [5, 5.41) is -0.117. The molecular formula is C17H29ClN2O2S. The summed E-state index contributed by atoms with van der Waals surface area (Å²) < 4.78 is 5.14. The molecule has 0 aliphatic heterocycles. The van der Waals surface area contributed by atoms with Gasteiger partial charge in [0.25, 0.3) is 0 Å². The molecule has 0 saturated heterocycles. The molecule has 1 aromatic carbocycles. The molecule has 4 nitrogen and oxygen atoms in total. The fourth-order valence-electron chi connectivity index (χ4n) is 2.01. The summed E-state index contributed by atoms with van der Waals surface area (Å²) in [7, 11) is 3.49. The van der Waals surface area contributed by atoms with Crippen molar-refractivity contribution < 1.29 is 9.53 Å². The van der Waals surface area contributed by atoms with E-state index in [1.807, 2.05) is 38.2 Å². The quantitative estimate of drug-likeness (QED) is 0.721. The van der Waals surface area contributed by atoms with Crippen molar-refractivity contribution >= 4 is 30.1 Å². The molecule has 0 heterocycles. The van der Waals surface area contributed by atoms with Crippen LogP contribution in [0.15, 0.2) is 29.2 Å². The number of nitrogens with zero attached hydrogens (tertiary/aromatic N) is 1. The normalized spacial score (nSPS) is 13.2. The van der Waals surface area contributed by atoms with Gasteiger partial charge in [-0.3, -0.25) is 4.79 Å². The van der Waals surface area contributed by atoms with Gasteiger partial charge in [0.05, 0.1) is 12.4 Å². The first kappa shape index (κ1) is 22.1. The monoisotopic (exact) mass is 360 g/mol. The van der Waals surface area contributed by atoms with Gasteiger partial charge in [-0.2, -0.15) is 0 Å². The third-order valence-corrected chi connectivity index (χ3v) is 4.85. The van der Waals surface area contributed by atoms with E-state index >= 15 is 0 Å². The zero-order chi connectivity index (χ0) is 16.7. The van der Waals surface area contributed by atoms with Gasteiger partial charge in [0, 0.05) is 24.5 Å². The summed E-state index contributed by atoms with van der Waals surface area (Å²) >= 11 is 1.56. The molecule has 1 aromatic rings. The first-order valence-electron chi connectivity index (χ1n) is 7.66. The van der Waals surface area contributed by atoms with Crippen molar-refractivity contribution in [1.82, 2.24) is 4.90 Å². The second-order valence-corrected chi connectivity index (χ2v) is 7.31. The van der Waals surface area contributed by atoms with E-state index in [0.29, 0.717) is 12.5 Å². The Balaban J connectivity index is 0.00000484. The number of carbonyl (C=O) groups excluding carboxylic acids is 1. The Labute approximate surface area is 150 Å². The predicted octanol–water partition coefficient (Wildman–Crippen LogP) is 3.43. The summed E-state index contributed by atoms with van der Waals surface area (Å²) in [4.78, 5) is 15.2. The average Bonchev–Trinajstić information content (AvgIpc) is 2.51. The highest BCUT2D eigenvalue weighted by molar-refractivity contribution is 8.00. The fourth-order valence-corrected chi connectivity index (χ4v) is 2.99. The molecule has 0 saturated carbocycles. The Morgan fingerprint density at radius 1 is 1.26 bits per heavy atom. The van der Waals surface area contributed by atoms with Crippen LogP contribution in [0.4, 0.5) is 0 Å². The summed E-state index contributed by atoms with van der Waals surface area (Å²) in [6, 6.07) is 7.90. The number of hydrogen-bond acceptors (Lipinski definition) is 4. The summed E-state index contributed by atoms with van der Waals surface area (Å²) in [5.41, 5.74) is 6.04. The number of benzene rings is 1. The van der Waals surface area contributed by atoms with Crippen LogP contribution in [0.2, 0.25) is 0 Å². The second kappa shape index (κ2) is 10.8. The number of methoxy groups -OCH3 is 1. The lowest BCUT2D eigenvalue weighted by molar-refractivity contribution is -0.129. The van der Waals surface area contributed by atoms with E-state index in [4.69, 9.17) is 10.5 Å². The van der Waals surface area contributed by atoms with E-state index < -0.39 is 0 Å². The molecule has 23 heavy (non-hydrogen) atoms. The van der Waals surface area contributed by atoms with Crippen molar-refractivity contribution in [2.24, 2.45) is 11.7 Å². The summed E-state index contributed by atoms with van der Waals surface area (Å²) in [5.74, 6) is 1.40. The Morgan fingerprint density at radius 3 is 2.30 bits per heavy atom. The minimum Gasteiger partial charge on any atom is -0.497 e. The maximum absolute atomic E-state index is 12.4. The largest absolute Gasteiger partial charge is 0.497 e. The van der Waals surface area contributed by atoms with E-state index in [0.717, 1.165) is 17.1 Å². The van der Waals surface area contributed by atoms with Gasteiger partial charge in [-0.1, -0.05) is 13.8 Å². The summed E-state index contributed by atoms with van der Waals surface area (Å²) in [6.07, 6.45) is 0.833. The zero-order valence-corrected chi connectivity index (χ0v) is 16.2. The molecule has 0 fully saturated rings. The first-order valence-corrected chi connectivity index (χ1v) is 8.54. The molecule has 2 N–H and O–H groups in total. The number of nitrogens with two attached hydrogens (primary N) is 1. The molecular weight excluding hydrogens is 332 g/mol. The lowest BCUT2D eigenvalue weighted by Gasteiger charge is -2.24. The molecule has 6 heteroatoms. The molecule has 132 valence electrons. The Bertz CT molecular complexity index is 468. The molecule has 1 rings (SSSR count). The predicted molar refractivity (Wildman–Crippen MR) is 101 cm³/mol. The summed E-state index contributed by atoms with van der Waals surface area (Å²) in [6.45, 7) is 6.85. The standard InChI is InChI=1S/C17H28N2O2S.ClH/c1-12(2)16(18)10-11-19(4)17(20)13(3)22-15-8-6-14(21-5)7-9-15;/h6-9,12-13,16H,10-11,18H2,1-5H3;1H. The highest BCUT2D eigenvalue weighted by atomic mass is 35.5. The second-order valence-electron chi connectivity index (χ2n) is 5.89. The van der Waals surface area contributed by atoms with Crippen LogP contribution < -0.4 is 10.5 Å². The first-order chi connectivity index (χ1) is 10.3. The minimum atomic E-state index is -0.117. The highest BCUT2D eigenvalue weighted by Crippen LogP contribution is 2.26. The number of rotatable bonds is 8. The fraction of sp³-hybridized carbons (Fsp3) is 0.588. The van der Waals surface area contributed by atoms with E-state index in [1.54, 1.807) is 23.8 Å². The average molecular weight is 361 g/mol. The smallest absolute Gasteiger partial charge is 0.235 e. The van der Waals surface area contributed by atoms with E-state index in [2.05, 4.69) is 13.8 Å². The van der Waals surface area contributed by atoms with Crippen molar-refractivity contribution in [2.75, 3.05) is 20.7 Å². The number of thioether (sulfide) groups is 1. The molecule has 1 amide bonds. The molecule has 2 unspecified atom stereocenters. The van der Waals surface area contributed by atoms with Crippen LogP contribution in [0.5, 0.6) is 5.75 Å². The maximum Gasteiger partial charge on any atom is 0.235 e. The Hall–Kier alpha value is -0.910. The van der Waals surface area contributed by atoms with Crippen LogP contribution in [0.25, 0.3) is 0 Å². The van der Waals surface area contributed by atoms with Crippen molar-refractivity contribution in [3.63, 3.8) is 0 Å². The highest BCUT2D eigenvalue weighted by Gasteiger charge is 2.19. The van der Waals surface area contributed by atoms with Gasteiger partial charge in [-0.05, 0) is 43.5 Å². The SMILES string of the molecule is COc1ccc(SC(C)C(=O)N(C)CCC(N)C(C)C)cc1.Cl. The molecule has 0 radical (unpaired) electrons. The van der Waals surface area contributed by atoms with Crippen LogP contribution in [-0.4, -0.2) is 42.8 Å². The van der Waals surface area contributed by atoms with Gasteiger partial charge in [0.15, 0.2) is 0 Å². The van der Waals surface area contributed by atoms with Crippen LogP contribution in [0, 0.1) is 5.92 Å². The van der Waals surface area contributed by atoms with Gasteiger partial charge >= 0.3 is 0 Å². The van der Waals surface area contributed by atoms with E-state index in [9.17, 15) is 4.79 Å². The van der Waals surface area contributed by atoms with Crippen molar-refractivity contribution in [3.05, 3.63) is 24.3 Å². The molecule has 0 aromatic heterocycles. The van der Waals surface area contributed by atoms with Crippen LogP contribution in [0.1, 0.15) is 27.2 Å². The van der Waals surface area contributed by atoms with Gasteiger partial charge in [-0.25, -0.2) is 0 Å². The van der Waals surface area contributed by atoms with Crippen molar-refractivity contribution in [3.8, 4) is 5.75 Å². The molecule has 0 aliphatic carbocycles. The van der Waals surface area contributed by atoms with Crippen molar-refractivity contribution in [1.29, 1.82) is 0 Å². The van der Waals surface area contributed by atoms with Gasteiger partial charge in [-0.15, -0.1) is 24.2 Å².